The van der Waals surface area contributed by atoms with Crippen LogP contribution >= 0.6 is 0 Å². The number of halogens is 3. The Morgan fingerprint density at radius 2 is 1.77 bits per heavy atom. The quantitative estimate of drug-likeness (QED) is 0.666. The van der Waals surface area contributed by atoms with E-state index >= 15 is 0 Å². The number of hydrogen-bond acceptors (Lipinski definition) is 4. The summed E-state index contributed by atoms with van der Waals surface area (Å²) in [6, 6.07) is 8.56. The normalized spacial score (nSPS) is 12.1. The monoisotopic (exact) mass is 444 g/mol. The van der Waals surface area contributed by atoms with Crippen LogP contribution in [0.3, 0.4) is 0 Å². The van der Waals surface area contributed by atoms with Gasteiger partial charge in [-0.2, -0.15) is 17.5 Å². The minimum atomic E-state index is -4.51. The van der Waals surface area contributed by atoms with Gasteiger partial charge in [-0.3, -0.25) is 4.79 Å². The highest BCUT2D eigenvalue weighted by Crippen LogP contribution is 2.30. The summed E-state index contributed by atoms with van der Waals surface area (Å²) in [7, 11) is -3.62. The number of ether oxygens (including phenoxy) is 1. The molecule has 0 atom stereocenters. The van der Waals surface area contributed by atoms with Crippen molar-refractivity contribution >= 4 is 21.6 Å². The first-order valence-corrected chi connectivity index (χ1v) is 10.6. The molecule has 0 bridgehead atoms. The van der Waals surface area contributed by atoms with Gasteiger partial charge in [-0.1, -0.05) is 19.9 Å². The third-order valence-electron chi connectivity index (χ3n) is 4.32. The minimum Gasteiger partial charge on any atom is -0.483 e. The molecule has 1 N–H and O–H groups in total. The number of carbonyl (C=O) groups is 1. The van der Waals surface area contributed by atoms with Gasteiger partial charge in [0.15, 0.2) is 6.61 Å². The minimum absolute atomic E-state index is 0.00388. The van der Waals surface area contributed by atoms with Crippen LogP contribution in [-0.4, -0.2) is 38.3 Å². The van der Waals surface area contributed by atoms with Gasteiger partial charge in [0.2, 0.25) is 10.0 Å². The smallest absolute Gasteiger partial charge is 0.416 e. The van der Waals surface area contributed by atoms with Gasteiger partial charge in [-0.25, -0.2) is 8.42 Å². The van der Waals surface area contributed by atoms with Crippen LogP contribution < -0.4 is 10.1 Å². The number of carbonyl (C=O) groups excluding carboxylic acids is 1. The number of amides is 1. The van der Waals surface area contributed by atoms with Crippen molar-refractivity contribution in [3.63, 3.8) is 0 Å². The number of nitrogens with zero attached hydrogens (tertiary/aromatic N) is 1. The van der Waals surface area contributed by atoms with E-state index in [1.54, 1.807) is 20.8 Å². The highest BCUT2D eigenvalue weighted by atomic mass is 32.2. The summed E-state index contributed by atoms with van der Waals surface area (Å²) >= 11 is 0. The molecule has 10 heteroatoms. The topological polar surface area (TPSA) is 75.7 Å². The van der Waals surface area contributed by atoms with Crippen molar-refractivity contribution in [2.24, 2.45) is 0 Å². The van der Waals surface area contributed by atoms with E-state index in [0.29, 0.717) is 24.4 Å². The fourth-order valence-corrected chi connectivity index (χ4v) is 4.31. The first-order chi connectivity index (χ1) is 14.0. The predicted molar refractivity (Wildman–Crippen MR) is 107 cm³/mol. The van der Waals surface area contributed by atoms with Crippen molar-refractivity contribution < 1.29 is 31.1 Å². The van der Waals surface area contributed by atoms with Crippen LogP contribution in [0.25, 0.3) is 0 Å². The molecule has 0 aromatic heterocycles. The van der Waals surface area contributed by atoms with Crippen molar-refractivity contribution in [1.29, 1.82) is 0 Å². The maximum Gasteiger partial charge on any atom is 0.416 e. The van der Waals surface area contributed by atoms with E-state index < -0.39 is 34.3 Å². The Kier molecular flexibility index (Phi) is 7.49. The number of alkyl halides is 3. The molecule has 0 aliphatic rings. The maximum atomic E-state index is 12.7. The third kappa shape index (κ3) is 5.73. The Morgan fingerprint density at radius 1 is 1.10 bits per heavy atom. The fraction of sp³-hybridized carbons (Fsp3) is 0.350. The molecule has 2 rings (SSSR count). The van der Waals surface area contributed by atoms with E-state index in [2.05, 4.69) is 5.32 Å². The lowest BCUT2D eigenvalue weighted by atomic mass is 10.2. The van der Waals surface area contributed by atoms with Crippen molar-refractivity contribution in [2.75, 3.05) is 25.0 Å². The number of nitrogens with one attached hydrogen (secondary N) is 1. The average Bonchev–Trinajstić information content (AvgIpc) is 2.67. The number of aryl methyl sites for hydroxylation is 1. The summed E-state index contributed by atoms with van der Waals surface area (Å²) < 4.78 is 70.1. The second-order valence-electron chi connectivity index (χ2n) is 6.43. The van der Waals surface area contributed by atoms with E-state index in [-0.39, 0.29) is 10.6 Å². The van der Waals surface area contributed by atoms with Gasteiger partial charge in [-0.05, 0) is 48.9 Å². The molecule has 0 fully saturated rings. The van der Waals surface area contributed by atoms with Gasteiger partial charge in [-0.15, -0.1) is 0 Å². The molecule has 2 aromatic rings. The average molecular weight is 444 g/mol. The van der Waals surface area contributed by atoms with Crippen molar-refractivity contribution in [1.82, 2.24) is 4.31 Å². The molecule has 2 aromatic carbocycles. The number of benzene rings is 2. The van der Waals surface area contributed by atoms with Gasteiger partial charge in [0, 0.05) is 18.8 Å². The predicted octanol–water partition coefficient (Wildman–Crippen LogP) is 4.06. The van der Waals surface area contributed by atoms with E-state index in [9.17, 15) is 26.4 Å². The van der Waals surface area contributed by atoms with Gasteiger partial charge >= 0.3 is 6.18 Å². The molecule has 0 spiro atoms. The van der Waals surface area contributed by atoms with Crippen LogP contribution in [0.1, 0.15) is 25.0 Å². The molecule has 0 aliphatic carbocycles. The van der Waals surface area contributed by atoms with E-state index in [1.165, 1.54) is 34.6 Å². The first-order valence-electron chi connectivity index (χ1n) is 9.19. The Hall–Kier alpha value is -2.59. The summed E-state index contributed by atoms with van der Waals surface area (Å²) in [4.78, 5) is 12.1. The van der Waals surface area contributed by atoms with Crippen LogP contribution in [0, 0.1) is 6.92 Å². The molecule has 1 amide bonds. The molecule has 0 saturated heterocycles. The maximum absolute atomic E-state index is 12.7. The zero-order chi connectivity index (χ0) is 22.5. The summed E-state index contributed by atoms with van der Waals surface area (Å²) in [6.07, 6.45) is -4.51. The Morgan fingerprint density at radius 3 is 2.33 bits per heavy atom. The third-order valence-corrected chi connectivity index (χ3v) is 6.37. The fourth-order valence-electron chi connectivity index (χ4n) is 2.77. The number of anilines is 1. The van der Waals surface area contributed by atoms with Crippen LogP contribution in [-0.2, 0) is 21.0 Å². The highest BCUT2D eigenvalue weighted by Gasteiger charge is 2.30. The lowest BCUT2D eigenvalue weighted by molar-refractivity contribution is -0.137. The Balaban J connectivity index is 2.05. The SMILES string of the molecule is CCN(CC)S(=O)(=O)c1ccc(OCC(=O)Nc2cccc(C(F)(F)F)c2)c(C)c1. The summed E-state index contributed by atoms with van der Waals surface area (Å²) in [6.45, 7) is 5.36. The van der Waals surface area contributed by atoms with Gasteiger partial charge in [0.05, 0.1) is 10.5 Å². The van der Waals surface area contributed by atoms with E-state index in [1.807, 2.05) is 0 Å². The lowest BCUT2D eigenvalue weighted by Crippen LogP contribution is -2.30. The molecule has 0 unspecified atom stereocenters. The molecule has 164 valence electrons. The number of sulfonamides is 1. The second kappa shape index (κ2) is 9.48. The second-order valence-corrected chi connectivity index (χ2v) is 8.37. The number of rotatable bonds is 8. The summed E-state index contributed by atoms with van der Waals surface area (Å²) in [5.41, 5.74) is -0.368. The molecular weight excluding hydrogens is 421 g/mol. The van der Waals surface area contributed by atoms with Gasteiger partial charge in [0.1, 0.15) is 5.75 Å². The molecule has 0 radical (unpaired) electrons. The molecule has 0 aliphatic heterocycles. The van der Waals surface area contributed by atoms with Crippen LogP contribution in [0.4, 0.5) is 18.9 Å². The van der Waals surface area contributed by atoms with Crippen molar-refractivity contribution in [3.05, 3.63) is 53.6 Å². The molecule has 0 heterocycles. The lowest BCUT2D eigenvalue weighted by Gasteiger charge is -2.19. The van der Waals surface area contributed by atoms with Crippen LogP contribution in [0.2, 0.25) is 0 Å². The number of hydrogen-bond donors (Lipinski definition) is 1. The Labute approximate surface area is 173 Å². The molecular formula is C20H23F3N2O4S. The van der Waals surface area contributed by atoms with Crippen LogP contribution in [0.15, 0.2) is 47.4 Å². The highest BCUT2D eigenvalue weighted by molar-refractivity contribution is 7.89. The van der Waals surface area contributed by atoms with Crippen molar-refractivity contribution in [2.45, 2.75) is 31.8 Å². The Bertz CT molecular complexity index is 1000. The van der Waals surface area contributed by atoms with Gasteiger partial charge < -0.3 is 10.1 Å². The van der Waals surface area contributed by atoms with Crippen molar-refractivity contribution in [3.8, 4) is 5.75 Å². The first kappa shape index (κ1) is 23.7. The summed E-state index contributed by atoms with van der Waals surface area (Å²) in [5, 5.41) is 2.34. The molecule has 30 heavy (non-hydrogen) atoms. The van der Waals surface area contributed by atoms with Gasteiger partial charge in [0.25, 0.3) is 5.91 Å². The molecule has 6 nitrogen and oxygen atoms in total. The molecule has 0 saturated carbocycles. The summed E-state index contributed by atoms with van der Waals surface area (Å²) in [5.74, 6) is -0.346. The standard InChI is InChI=1S/C20H23F3N2O4S/c1-4-25(5-2)30(27,28)17-9-10-18(14(3)11-17)29-13-19(26)24-16-8-6-7-15(12-16)20(21,22)23/h6-12H,4-5,13H2,1-3H3,(H,24,26). The zero-order valence-electron chi connectivity index (χ0n) is 16.8. The van der Waals surface area contributed by atoms with E-state index in [4.69, 9.17) is 4.74 Å². The van der Waals surface area contributed by atoms with Crippen LogP contribution in [0.5, 0.6) is 5.75 Å². The van der Waals surface area contributed by atoms with E-state index in [0.717, 1.165) is 12.1 Å². The largest absolute Gasteiger partial charge is 0.483 e. The zero-order valence-corrected chi connectivity index (χ0v) is 17.6.